The van der Waals surface area contributed by atoms with E-state index in [2.05, 4.69) is 0 Å². The Bertz CT molecular complexity index is 359. The van der Waals surface area contributed by atoms with Gasteiger partial charge in [0.15, 0.2) is 0 Å². The van der Waals surface area contributed by atoms with Crippen LogP contribution in [0.5, 0.6) is 5.75 Å². The minimum atomic E-state index is -0.417. The number of halogens is 1. The Morgan fingerprint density at radius 1 is 1.36 bits per heavy atom. The van der Waals surface area contributed by atoms with Gasteiger partial charge in [-0.2, -0.15) is 0 Å². The van der Waals surface area contributed by atoms with Crippen molar-refractivity contribution in [3.63, 3.8) is 0 Å². The third-order valence-electron chi connectivity index (χ3n) is 2.10. The molecule has 3 heteroatoms. The van der Waals surface area contributed by atoms with Crippen molar-refractivity contribution in [2.45, 2.75) is 20.8 Å². The highest BCUT2D eigenvalue weighted by Crippen LogP contribution is 2.23. The lowest BCUT2D eigenvalue weighted by Crippen LogP contribution is -2.10. The molecule has 0 unspecified atom stereocenters. The Morgan fingerprint density at radius 3 is 2.57 bits per heavy atom. The molecule has 0 aliphatic rings. The molecule has 0 amide bonds. The summed E-state index contributed by atoms with van der Waals surface area (Å²) < 4.78 is 5.09. The van der Waals surface area contributed by atoms with Crippen LogP contribution in [0.15, 0.2) is 12.1 Å². The number of rotatable bonds is 2. The van der Waals surface area contributed by atoms with Crippen molar-refractivity contribution in [1.29, 1.82) is 0 Å². The first-order valence-electron chi connectivity index (χ1n) is 4.39. The molecule has 2 nitrogen and oxygen atoms in total. The van der Waals surface area contributed by atoms with Crippen LogP contribution in [0.4, 0.5) is 0 Å². The van der Waals surface area contributed by atoms with Crippen molar-refractivity contribution < 1.29 is 9.53 Å². The van der Waals surface area contributed by atoms with Gasteiger partial charge in [0.25, 0.3) is 0 Å². The van der Waals surface area contributed by atoms with E-state index in [9.17, 15) is 4.79 Å². The number of alkyl halides is 1. The minimum absolute atomic E-state index is 0.119. The van der Waals surface area contributed by atoms with Crippen molar-refractivity contribution in [1.82, 2.24) is 0 Å². The predicted molar refractivity (Wildman–Crippen MR) is 57.0 cm³/mol. The summed E-state index contributed by atoms with van der Waals surface area (Å²) >= 11 is 5.36. The maximum atomic E-state index is 11.0. The molecule has 0 bridgehead atoms. The summed E-state index contributed by atoms with van der Waals surface area (Å²) in [5.74, 6) is 0.0693. The second-order valence-corrected chi connectivity index (χ2v) is 3.58. The van der Waals surface area contributed by atoms with Gasteiger partial charge in [-0.25, -0.2) is 0 Å². The maximum absolute atomic E-state index is 11.0. The number of ether oxygens (including phenoxy) is 1. The molecule has 0 heterocycles. The van der Waals surface area contributed by atoms with E-state index in [-0.39, 0.29) is 5.88 Å². The smallest absolute Gasteiger partial charge is 0.326 e. The van der Waals surface area contributed by atoms with Gasteiger partial charge >= 0.3 is 5.97 Å². The number of esters is 1. The number of carbonyl (C=O) groups excluding carboxylic acids is 1. The molecule has 0 saturated heterocycles. The van der Waals surface area contributed by atoms with Gasteiger partial charge in [-0.05, 0) is 43.5 Å². The highest BCUT2D eigenvalue weighted by molar-refractivity contribution is 6.26. The summed E-state index contributed by atoms with van der Waals surface area (Å²) in [5, 5.41) is 0. The first kappa shape index (κ1) is 11.1. The second kappa shape index (κ2) is 4.47. The van der Waals surface area contributed by atoms with Gasteiger partial charge in [0, 0.05) is 0 Å². The molecule has 0 spiro atoms. The van der Waals surface area contributed by atoms with Gasteiger partial charge < -0.3 is 4.74 Å². The summed E-state index contributed by atoms with van der Waals surface area (Å²) in [7, 11) is 0. The van der Waals surface area contributed by atoms with E-state index in [1.54, 1.807) is 0 Å². The third kappa shape index (κ3) is 2.48. The molecule has 1 aromatic rings. The lowest BCUT2D eigenvalue weighted by molar-refractivity contribution is -0.131. The van der Waals surface area contributed by atoms with Gasteiger partial charge in [0.1, 0.15) is 11.6 Å². The molecule has 76 valence electrons. The topological polar surface area (TPSA) is 26.3 Å². The van der Waals surface area contributed by atoms with E-state index in [1.165, 1.54) is 0 Å². The summed E-state index contributed by atoms with van der Waals surface area (Å²) in [4.78, 5) is 11.0. The second-order valence-electron chi connectivity index (χ2n) is 3.31. The largest absolute Gasteiger partial charge is 0.425 e. The minimum Gasteiger partial charge on any atom is -0.425 e. The average Bonchev–Trinajstić information content (AvgIpc) is 2.13. The van der Waals surface area contributed by atoms with Gasteiger partial charge in [0.2, 0.25) is 0 Å². The van der Waals surface area contributed by atoms with Crippen LogP contribution in [-0.2, 0) is 4.79 Å². The van der Waals surface area contributed by atoms with E-state index < -0.39 is 5.97 Å². The maximum Gasteiger partial charge on any atom is 0.326 e. The number of hydrogen-bond donors (Lipinski definition) is 0. The van der Waals surface area contributed by atoms with Crippen LogP contribution in [0, 0.1) is 20.8 Å². The Morgan fingerprint density at radius 2 is 2.00 bits per heavy atom. The van der Waals surface area contributed by atoms with Crippen LogP contribution in [0.3, 0.4) is 0 Å². The van der Waals surface area contributed by atoms with Crippen LogP contribution in [-0.4, -0.2) is 11.8 Å². The van der Waals surface area contributed by atoms with Crippen LogP contribution >= 0.6 is 11.6 Å². The zero-order valence-corrected chi connectivity index (χ0v) is 9.31. The van der Waals surface area contributed by atoms with Crippen molar-refractivity contribution in [3.8, 4) is 5.75 Å². The zero-order chi connectivity index (χ0) is 10.7. The molecule has 14 heavy (non-hydrogen) atoms. The molecular weight excluding hydrogens is 200 g/mol. The summed E-state index contributed by atoms with van der Waals surface area (Å²) in [6, 6.07) is 3.89. The highest BCUT2D eigenvalue weighted by Gasteiger charge is 2.07. The predicted octanol–water partition coefficient (Wildman–Crippen LogP) is 2.76. The Hall–Kier alpha value is -1.02. The number of benzene rings is 1. The summed E-state index contributed by atoms with van der Waals surface area (Å²) in [5.41, 5.74) is 3.17. The molecule has 0 aliphatic carbocycles. The van der Waals surface area contributed by atoms with Crippen molar-refractivity contribution in [2.75, 3.05) is 5.88 Å². The van der Waals surface area contributed by atoms with Crippen LogP contribution < -0.4 is 4.74 Å². The van der Waals surface area contributed by atoms with E-state index in [4.69, 9.17) is 16.3 Å². The number of aryl methyl sites for hydroxylation is 2. The van der Waals surface area contributed by atoms with Crippen LogP contribution in [0.25, 0.3) is 0 Å². The highest BCUT2D eigenvalue weighted by atomic mass is 35.5. The van der Waals surface area contributed by atoms with Crippen molar-refractivity contribution >= 4 is 17.6 Å². The van der Waals surface area contributed by atoms with Crippen molar-refractivity contribution in [3.05, 3.63) is 28.8 Å². The monoisotopic (exact) mass is 212 g/mol. The SMILES string of the molecule is Cc1cc(C)c(C)c(OC(=O)CCl)c1. The van der Waals surface area contributed by atoms with Crippen LogP contribution in [0.2, 0.25) is 0 Å². The Balaban J connectivity index is 3.02. The van der Waals surface area contributed by atoms with Crippen LogP contribution in [0.1, 0.15) is 16.7 Å². The summed E-state index contributed by atoms with van der Waals surface area (Å²) in [6.07, 6.45) is 0. The van der Waals surface area contributed by atoms with E-state index in [0.717, 1.165) is 16.7 Å². The molecule has 0 atom stereocenters. The molecule has 0 aromatic heterocycles. The van der Waals surface area contributed by atoms with E-state index >= 15 is 0 Å². The first-order valence-corrected chi connectivity index (χ1v) is 4.92. The fourth-order valence-corrected chi connectivity index (χ4v) is 1.31. The zero-order valence-electron chi connectivity index (χ0n) is 8.56. The fraction of sp³-hybridized carbons (Fsp3) is 0.364. The average molecular weight is 213 g/mol. The molecule has 1 aromatic carbocycles. The van der Waals surface area contributed by atoms with E-state index in [1.807, 2.05) is 32.9 Å². The molecule has 0 fully saturated rings. The van der Waals surface area contributed by atoms with Gasteiger partial charge in [0.05, 0.1) is 0 Å². The normalized spacial score (nSPS) is 10.0. The number of carbonyl (C=O) groups is 1. The Labute approximate surface area is 88.8 Å². The molecule has 0 N–H and O–H groups in total. The molecule has 1 rings (SSSR count). The molecular formula is C11H13ClO2. The fourth-order valence-electron chi connectivity index (χ4n) is 1.26. The first-order chi connectivity index (χ1) is 6.54. The molecule has 0 saturated carbocycles. The van der Waals surface area contributed by atoms with Gasteiger partial charge in [-0.15, -0.1) is 11.6 Å². The lowest BCUT2D eigenvalue weighted by Gasteiger charge is -2.09. The Kier molecular flexibility index (Phi) is 3.53. The standard InChI is InChI=1S/C11H13ClO2/c1-7-4-8(2)9(3)10(5-7)14-11(13)6-12/h4-5H,6H2,1-3H3. The number of hydrogen-bond acceptors (Lipinski definition) is 2. The van der Waals surface area contributed by atoms with Crippen molar-refractivity contribution in [2.24, 2.45) is 0 Å². The quantitative estimate of drug-likeness (QED) is 0.428. The third-order valence-corrected chi connectivity index (χ3v) is 2.32. The lowest BCUT2D eigenvalue weighted by atomic mass is 10.1. The molecule has 0 radical (unpaired) electrons. The van der Waals surface area contributed by atoms with Gasteiger partial charge in [-0.1, -0.05) is 6.07 Å². The summed E-state index contributed by atoms with van der Waals surface area (Å²) in [6.45, 7) is 5.87. The van der Waals surface area contributed by atoms with Gasteiger partial charge in [-0.3, -0.25) is 4.79 Å². The molecule has 0 aliphatic heterocycles. The van der Waals surface area contributed by atoms with E-state index in [0.29, 0.717) is 5.75 Å².